The molecule has 1 aliphatic heterocycles. The fraction of sp³-hybridized carbons (Fsp3) is 0.269. The summed E-state index contributed by atoms with van der Waals surface area (Å²) in [5, 5.41) is 5.36. The molecular formula is C26H25FN4OS. The van der Waals surface area contributed by atoms with Crippen molar-refractivity contribution in [3.05, 3.63) is 77.2 Å². The van der Waals surface area contributed by atoms with Gasteiger partial charge in [-0.3, -0.25) is 4.79 Å². The molecule has 0 saturated carbocycles. The number of amides is 1. The van der Waals surface area contributed by atoms with E-state index in [0.717, 1.165) is 51.4 Å². The maximum atomic E-state index is 13.6. The Morgan fingerprint density at radius 1 is 1.09 bits per heavy atom. The van der Waals surface area contributed by atoms with Crippen LogP contribution in [0.4, 0.5) is 10.2 Å². The molecule has 1 saturated heterocycles. The van der Waals surface area contributed by atoms with Crippen LogP contribution >= 0.6 is 11.3 Å². The topological polar surface area (TPSA) is 58.1 Å². The van der Waals surface area contributed by atoms with E-state index in [1.807, 2.05) is 42.2 Å². The molecule has 33 heavy (non-hydrogen) atoms. The summed E-state index contributed by atoms with van der Waals surface area (Å²) in [5.74, 6) is 0.456. The molecule has 5 nitrogen and oxygen atoms in total. The summed E-state index contributed by atoms with van der Waals surface area (Å²) in [7, 11) is 0. The van der Waals surface area contributed by atoms with Crippen molar-refractivity contribution in [2.24, 2.45) is 0 Å². The van der Waals surface area contributed by atoms with Gasteiger partial charge in [0.25, 0.3) is 5.91 Å². The van der Waals surface area contributed by atoms with Gasteiger partial charge in [0.1, 0.15) is 17.3 Å². The van der Waals surface area contributed by atoms with E-state index in [9.17, 15) is 9.18 Å². The number of pyridine rings is 1. The molecule has 7 heteroatoms. The first kappa shape index (κ1) is 21.5. The normalized spacial score (nSPS) is 16.2. The monoisotopic (exact) mass is 460 g/mol. The predicted molar refractivity (Wildman–Crippen MR) is 131 cm³/mol. The molecule has 1 fully saturated rings. The third kappa shape index (κ3) is 4.59. The Hall–Kier alpha value is -3.32. The second-order valence-electron chi connectivity index (χ2n) is 8.34. The fourth-order valence-electron chi connectivity index (χ4n) is 4.37. The average molecular weight is 461 g/mol. The number of nitrogens with one attached hydrogen (secondary N) is 1. The van der Waals surface area contributed by atoms with Crippen LogP contribution in [0.25, 0.3) is 21.3 Å². The largest absolute Gasteiger partial charge is 0.368 e. The van der Waals surface area contributed by atoms with Gasteiger partial charge in [0.05, 0.1) is 15.4 Å². The molecule has 1 aliphatic rings. The highest BCUT2D eigenvalue weighted by Gasteiger charge is 2.31. The van der Waals surface area contributed by atoms with E-state index in [-0.39, 0.29) is 17.8 Å². The van der Waals surface area contributed by atoms with Crippen LogP contribution in [0, 0.1) is 12.7 Å². The number of anilines is 1. The number of fused-ring (bicyclic) bond motifs is 1. The number of carbonyl (C=O) groups is 1. The molecule has 0 aliphatic carbocycles. The number of likely N-dealkylation sites (tertiary alicyclic amines) is 1. The summed E-state index contributed by atoms with van der Waals surface area (Å²) >= 11 is 1.47. The summed E-state index contributed by atoms with van der Waals surface area (Å²) in [6.45, 7) is 3.23. The zero-order chi connectivity index (χ0) is 22.8. The molecular weight excluding hydrogens is 435 g/mol. The van der Waals surface area contributed by atoms with E-state index >= 15 is 0 Å². The number of rotatable bonds is 5. The summed E-state index contributed by atoms with van der Waals surface area (Å²) in [4.78, 5) is 25.6. The standard InChI is InChI=1S/C26H25FN4OS/c1-17-29-24(25(33-17)19-9-12-20(27)13-10-19)26(32)31-15-5-4-7-21(31)16-28-23-14-11-18-6-2-3-8-22(18)30-23/h2-3,6,8-14,21H,4-5,7,15-16H2,1H3,(H,28,30)/t21-/m0/s1. The van der Waals surface area contributed by atoms with E-state index in [4.69, 9.17) is 4.98 Å². The summed E-state index contributed by atoms with van der Waals surface area (Å²) in [5.41, 5.74) is 2.22. The van der Waals surface area contributed by atoms with E-state index < -0.39 is 0 Å². The number of nitrogens with zero attached hydrogens (tertiary/aromatic N) is 3. The van der Waals surface area contributed by atoms with Crippen LogP contribution in [-0.2, 0) is 0 Å². The second-order valence-corrected chi connectivity index (χ2v) is 9.54. The molecule has 1 amide bonds. The van der Waals surface area contributed by atoms with Crippen molar-refractivity contribution < 1.29 is 9.18 Å². The Balaban J connectivity index is 1.36. The number of carbonyl (C=O) groups excluding carboxylic acids is 1. The zero-order valence-electron chi connectivity index (χ0n) is 18.4. The summed E-state index contributed by atoms with van der Waals surface area (Å²) in [6, 6.07) is 18.4. The molecule has 4 aromatic rings. The van der Waals surface area contributed by atoms with Gasteiger partial charge in [-0.15, -0.1) is 11.3 Å². The number of hydrogen-bond acceptors (Lipinski definition) is 5. The van der Waals surface area contributed by atoms with Gasteiger partial charge < -0.3 is 10.2 Å². The molecule has 3 heterocycles. The Bertz CT molecular complexity index is 1290. The van der Waals surface area contributed by atoms with Crippen LogP contribution in [-0.4, -0.2) is 39.9 Å². The lowest BCUT2D eigenvalue weighted by molar-refractivity contribution is 0.0623. The van der Waals surface area contributed by atoms with Gasteiger partial charge in [0.15, 0.2) is 0 Å². The fourth-order valence-corrected chi connectivity index (χ4v) is 5.29. The number of para-hydroxylation sites is 1. The quantitative estimate of drug-likeness (QED) is 0.402. The highest BCUT2D eigenvalue weighted by molar-refractivity contribution is 7.15. The lowest BCUT2D eigenvalue weighted by Crippen LogP contribution is -2.47. The summed E-state index contributed by atoms with van der Waals surface area (Å²) < 4.78 is 13.4. The zero-order valence-corrected chi connectivity index (χ0v) is 19.2. The highest BCUT2D eigenvalue weighted by Crippen LogP contribution is 2.32. The third-order valence-corrected chi connectivity index (χ3v) is 7.07. The van der Waals surface area contributed by atoms with Crippen molar-refractivity contribution in [1.29, 1.82) is 0 Å². The maximum Gasteiger partial charge on any atom is 0.274 e. The average Bonchev–Trinajstić information content (AvgIpc) is 3.24. The van der Waals surface area contributed by atoms with Gasteiger partial charge in [-0.1, -0.05) is 30.3 Å². The second kappa shape index (κ2) is 9.27. The van der Waals surface area contributed by atoms with Gasteiger partial charge in [-0.25, -0.2) is 14.4 Å². The number of piperidine rings is 1. The molecule has 168 valence electrons. The molecule has 2 aromatic heterocycles. The van der Waals surface area contributed by atoms with Crippen LogP contribution in [0.5, 0.6) is 0 Å². The van der Waals surface area contributed by atoms with Crippen LogP contribution in [0.1, 0.15) is 34.8 Å². The maximum absolute atomic E-state index is 13.6. The molecule has 0 unspecified atom stereocenters. The van der Waals surface area contributed by atoms with E-state index in [0.29, 0.717) is 18.8 Å². The van der Waals surface area contributed by atoms with Crippen molar-refractivity contribution in [2.75, 3.05) is 18.4 Å². The van der Waals surface area contributed by atoms with Crippen molar-refractivity contribution in [3.8, 4) is 10.4 Å². The minimum absolute atomic E-state index is 0.0580. The van der Waals surface area contributed by atoms with Crippen molar-refractivity contribution in [1.82, 2.24) is 14.9 Å². The van der Waals surface area contributed by atoms with Crippen LogP contribution in [0.2, 0.25) is 0 Å². The minimum Gasteiger partial charge on any atom is -0.368 e. The molecule has 0 bridgehead atoms. The van der Waals surface area contributed by atoms with E-state index in [1.165, 1.54) is 23.5 Å². The molecule has 1 atom stereocenters. The predicted octanol–water partition coefficient (Wildman–Crippen LogP) is 5.91. The van der Waals surface area contributed by atoms with Gasteiger partial charge in [0.2, 0.25) is 0 Å². The highest BCUT2D eigenvalue weighted by atomic mass is 32.1. The number of aryl methyl sites for hydroxylation is 1. The number of halogens is 1. The smallest absolute Gasteiger partial charge is 0.274 e. The van der Waals surface area contributed by atoms with E-state index in [2.05, 4.69) is 16.4 Å². The number of benzene rings is 2. The van der Waals surface area contributed by atoms with Crippen molar-refractivity contribution in [3.63, 3.8) is 0 Å². The van der Waals surface area contributed by atoms with Gasteiger partial charge in [-0.05, 0) is 62.1 Å². The van der Waals surface area contributed by atoms with Gasteiger partial charge >= 0.3 is 0 Å². The first-order chi connectivity index (χ1) is 16.1. The van der Waals surface area contributed by atoms with Crippen LogP contribution in [0.3, 0.4) is 0 Å². The van der Waals surface area contributed by atoms with E-state index in [1.54, 1.807) is 12.1 Å². The number of thiazole rings is 1. The third-order valence-electron chi connectivity index (χ3n) is 6.05. The van der Waals surface area contributed by atoms with Gasteiger partial charge in [-0.2, -0.15) is 0 Å². The first-order valence-electron chi connectivity index (χ1n) is 11.2. The van der Waals surface area contributed by atoms with Crippen LogP contribution in [0.15, 0.2) is 60.7 Å². The molecule has 0 spiro atoms. The first-order valence-corrected chi connectivity index (χ1v) is 12.0. The molecule has 0 radical (unpaired) electrons. The number of aromatic nitrogens is 2. The Labute approximate surface area is 196 Å². The van der Waals surface area contributed by atoms with Crippen molar-refractivity contribution in [2.45, 2.75) is 32.2 Å². The lowest BCUT2D eigenvalue weighted by atomic mass is 10.0. The molecule has 1 N–H and O–H groups in total. The van der Waals surface area contributed by atoms with Gasteiger partial charge in [0, 0.05) is 24.5 Å². The minimum atomic E-state index is -0.294. The van der Waals surface area contributed by atoms with Crippen molar-refractivity contribution >= 4 is 34.0 Å². The Kier molecular flexibility index (Phi) is 6.05. The van der Waals surface area contributed by atoms with Crippen LogP contribution < -0.4 is 5.32 Å². The Morgan fingerprint density at radius 3 is 2.76 bits per heavy atom. The Morgan fingerprint density at radius 2 is 1.91 bits per heavy atom. The molecule has 5 rings (SSSR count). The SMILES string of the molecule is Cc1nc(C(=O)N2CCCC[C@H]2CNc2ccc3ccccc3n2)c(-c2ccc(F)cc2)s1. The summed E-state index contributed by atoms with van der Waals surface area (Å²) in [6.07, 6.45) is 3.00. The molecule has 2 aromatic carbocycles. The number of hydrogen-bond donors (Lipinski definition) is 1. The lowest BCUT2D eigenvalue weighted by Gasteiger charge is -2.35.